The average Bonchev–Trinajstić information content (AvgIpc) is 3.07. The van der Waals surface area contributed by atoms with Gasteiger partial charge >= 0.3 is 0 Å². The fourth-order valence-electron chi connectivity index (χ4n) is 7.55. The Morgan fingerprint density at radius 3 is 1.15 bits per heavy atom. The number of rotatable bonds is 33. The monoisotopic (exact) mass is 685 g/mol. The van der Waals surface area contributed by atoms with Gasteiger partial charge in [0.2, 0.25) is 0 Å². The smallest absolute Gasteiger partial charge is 0.282 e. The van der Waals surface area contributed by atoms with Crippen molar-refractivity contribution in [1.29, 1.82) is 0 Å². The van der Waals surface area contributed by atoms with E-state index in [0.29, 0.717) is 5.39 Å². The first-order valence-corrected chi connectivity index (χ1v) is 22.4. The molecule has 0 aromatic heterocycles. The maximum atomic E-state index is 12.1. The Morgan fingerprint density at radius 2 is 0.771 bits per heavy atom. The minimum atomic E-state index is -4.25. The molecule has 0 amide bonds. The highest BCUT2D eigenvalue weighted by Gasteiger charge is 2.17. The van der Waals surface area contributed by atoms with Crippen molar-refractivity contribution in [1.82, 2.24) is 0 Å². The number of fused-ring (bicyclic) bond motifs is 1. The van der Waals surface area contributed by atoms with E-state index in [-0.39, 0.29) is 4.90 Å². The molecule has 0 saturated carbocycles. The molecule has 0 bridgehead atoms. The molecule has 0 atom stereocenters. The summed E-state index contributed by atoms with van der Waals surface area (Å²) in [7, 11) is -4.25. The lowest BCUT2D eigenvalue weighted by Gasteiger charge is -2.15. The summed E-state index contributed by atoms with van der Waals surface area (Å²) in [5.41, 5.74) is 2.67. The van der Waals surface area contributed by atoms with E-state index in [1.807, 2.05) is 6.07 Å². The lowest BCUT2D eigenvalue weighted by atomic mass is 9.91. The molecule has 0 aliphatic heterocycles. The van der Waals surface area contributed by atoms with Crippen LogP contribution in [0.15, 0.2) is 35.2 Å². The van der Waals surface area contributed by atoms with Gasteiger partial charge in [0, 0.05) is 5.39 Å². The summed E-state index contributed by atoms with van der Waals surface area (Å²) in [6.45, 7) is 4.57. The van der Waals surface area contributed by atoms with Gasteiger partial charge in [-0.15, -0.1) is 0 Å². The van der Waals surface area contributed by atoms with Gasteiger partial charge in [-0.25, -0.2) is 0 Å². The third kappa shape index (κ3) is 19.7. The summed E-state index contributed by atoms with van der Waals surface area (Å²) in [6, 6.07) is 9.44. The number of hydrogen-bond acceptors (Lipinski definition) is 2. The predicted molar refractivity (Wildman–Crippen MR) is 211 cm³/mol. The van der Waals surface area contributed by atoms with Crippen molar-refractivity contribution in [3.63, 3.8) is 0 Å². The topological polar surface area (TPSA) is 54.4 Å². The second-order valence-corrected chi connectivity index (χ2v) is 16.3. The molecule has 2 aromatic rings. The molecule has 0 spiro atoms. The van der Waals surface area contributed by atoms with Crippen molar-refractivity contribution in [3.8, 4) is 0 Å². The standard InChI is InChI=1S/C44H76O3S/c1-3-5-7-9-11-13-15-17-19-21-23-25-27-29-31-34-40-38-39-43-42(36-33-37-44(43)48(45,46)47)41(40)35-32-30-28-26-24-22-20-18-16-14-12-10-8-6-4-2/h33,36-39H,3-32,34-35H2,1-2H3,(H,45,46,47). The fourth-order valence-corrected chi connectivity index (χ4v) is 8.26. The number of benzene rings is 2. The van der Waals surface area contributed by atoms with Crippen LogP contribution in [-0.2, 0) is 23.0 Å². The molecule has 0 fully saturated rings. The van der Waals surface area contributed by atoms with Crippen LogP contribution in [0.25, 0.3) is 10.8 Å². The molecular formula is C44H76O3S. The summed E-state index contributed by atoms with van der Waals surface area (Å²) < 4.78 is 34.2. The fraction of sp³-hybridized carbons (Fsp3) is 0.773. The van der Waals surface area contributed by atoms with Crippen LogP contribution in [0, 0.1) is 0 Å². The lowest BCUT2D eigenvalue weighted by Crippen LogP contribution is -2.02. The Morgan fingerprint density at radius 1 is 0.417 bits per heavy atom. The van der Waals surface area contributed by atoms with Gasteiger partial charge in [0.1, 0.15) is 4.90 Å². The molecule has 0 radical (unpaired) electrons. The largest absolute Gasteiger partial charge is 0.295 e. The molecule has 4 heteroatoms. The summed E-state index contributed by atoms with van der Waals surface area (Å²) in [5, 5.41) is 1.67. The molecule has 0 unspecified atom stereocenters. The molecule has 3 nitrogen and oxygen atoms in total. The van der Waals surface area contributed by atoms with Crippen molar-refractivity contribution < 1.29 is 13.0 Å². The van der Waals surface area contributed by atoms with Gasteiger partial charge in [0.25, 0.3) is 10.1 Å². The molecule has 0 saturated heterocycles. The number of aryl methyl sites for hydroxylation is 2. The first-order chi connectivity index (χ1) is 23.5. The van der Waals surface area contributed by atoms with E-state index in [1.54, 1.807) is 6.07 Å². The molecule has 2 rings (SSSR count). The van der Waals surface area contributed by atoms with E-state index in [1.165, 1.54) is 203 Å². The van der Waals surface area contributed by atoms with Crippen LogP contribution in [0.4, 0.5) is 0 Å². The minimum Gasteiger partial charge on any atom is -0.282 e. The van der Waals surface area contributed by atoms with Gasteiger partial charge in [-0.2, -0.15) is 8.42 Å². The molecule has 0 aliphatic rings. The van der Waals surface area contributed by atoms with Gasteiger partial charge in [-0.1, -0.05) is 218 Å². The van der Waals surface area contributed by atoms with E-state index in [9.17, 15) is 13.0 Å². The summed E-state index contributed by atoms with van der Waals surface area (Å²) in [4.78, 5) is 0.0382. The Labute approximate surface area is 298 Å². The zero-order valence-electron chi connectivity index (χ0n) is 31.7. The van der Waals surface area contributed by atoms with Gasteiger partial charge in [-0.3, -0.25) is 4.55 Å². The quantitative estimate of drug-likeness (QED) is 0.0601. The first-order valence-electron chi connectivity index (χ1n) is 21.0. The van der Waals surface area contributed by atoms with Crippen LogP contribution in [0.1, 0.15) is 218 Å². The van der Waals surface area contributed by atoms with Crippen molar-refractivity contribution >= 4 is 20.9 Å². The van der Waals surface area contributed by atoms with E-state index in [0.717, 1.165) is 24.6 Å². The number of hydrogen-bond donors (Lipinski definition) is 1. The summed E-state index contributed by atoms with van der Waals surface area (Å²) >= 11 is 0. The third-order valence-corrected chi connectivity index (χ3v) is 11.5. The molecule has 0 aliphatic carbocycles. The maximum Gasteiger partial charge on any atom is 0.295 e. The van der Waals surface area contributed by atoms with Crippen LogP contribution in [0.2, 0.25) is 0 Å². The van der Waals surface area contributed by atoms with Crippen LogP contribution < -0.4 is 0 Å². The average molecular weight is 685 g/mol. The highest BCUT2D eigenvalue weighted by Crippen LogP contribution is 2.30. The number of unbranched alkanes of at least 4 members (excludes halogenated alkanes) is 28. The summed E-state index contributed by atoms with van der Waals surface area (Å²) in [5.74, 6) is 0. The second kappa shape index (κ2) is 28.3. The lowest BCUT2D eigenvalue weighted by molar-refractivity contribution is 0.484. The van der Waals surface area contributed by atoms with Crippen molar-refractivity contribution in [3.05, 3.63) is 41.5 Å². The van der Waals surface area contributed by atoms with Crippen molar-refractivity contribution in [2.45, 2.75) is 224 Å². The molecular weight excluding hydrogens is 609 g/mol. The first kappa shape index (κ1) is 42.8. The van der Waals surface area contributed by atoms with E-state index < -0.39 is 10.1 Å². The van der Waals surface area contributed by atoms with Crippen molar-refractivity contribution in [2.24, 2.45) is 0 Å². The van der Waals surface area contributed by atoms with Crippen LogP contribution in [-0.4, -0.2) is 13.0 Å². The molecule has 0 heterocycles. The normalized spacial score (nSPS) is 12.0. The van der Waals surface area contributed by atoms with E-state index >= 15 is 0 Å². The Kier molecular flexibility index (Phi) is 25.2. The Bertz CT molecular complexity index is 1160. The Hall–Kier alpha value is -1.39. The van der Waals surface area contributed by atoms with Gasteiger partial charge in [0.05, 0.1) is 0 Å². The highest BCUT2D eigenvalue weighted by atomic mass is 32.2. The molecule has 1 N–H and O–H groups in total. The van der Waals surface area contributed by atoms with Gasteiger partial charge < -0.3 is 0 Å². The Balaban J connectivity index is 1.69. The SMILES string of the molecule is CCCCCCCCCCCCCCCCCc1ccc2c(S(=O)(=O)O)cccc2c1CCCCCCCCCCCCCCCCC. The zero-order valence-corrected chi connectivity index (χ0v) is 32.5. The molecule has 276 valence electrons. The maximum absolute atomic E-state index is 12.1. The second-order valence-electron chi connectivity index (χ2n) is 14.9. The third-order valence-electron chi connectivity index (χ3n) is 10.6. The predicted octanol–water partition coefficient (Wildman–Crippen LogP) is 14.9. The van der Waals surface area contributed by atoms with Crippen molar-refractivity contribution in [2.75, 3.05) is 0 Å². The minimum absolute atomic E-state index is 0.0382. The van der Waals surface area contributed by atoms with Crippen LogP contribution in [0.5, 0.6) is 0 Å². The zero-order chi connectivity index (χ0) is 34.5. The highest BCUT2D eigenvalue weighted by molar-refractivity contribution is 7.86. The van der Waals surface area contributed by atoms with Gasteiger partial charge in [-0.05, 0) is 48.3 Å². The summed E-state index contributed by atoms with van der Waals surface area (Å²) in [6.07, 6.45) is 42.9. The van der Waals surface area contributed by atoms with E-state index in [4.69, 9.17) is 0 Å². The van der Waals surface area contributed by atoms with Crippen LogP contribution in [0.3, 0.4) is 0 Å². The molecule has 2 aromatic carbocycles. The van der Waals surface area contributed by atoms with Crippen LogP contribution >= 0.6 is 0 Å². The van der Waals surface area contributed by atoms with Gasteiger partial charge in [0.15, 0.2) is 0 Å². The molecule has 48 heavy (non-hydrogen) atoms. The van der Waals surface area contributed by atoms with E-state index in [2.05, 4.69) is 26.0 Å².